The summed E-state index contributed by atoms with van der Waals surface area (Å²) in [5.41, 5.74) is 0.959. The van der Waals surface area contributed by atoms with Crippen molar-refractivity contribution >= 4 is 16.8 Å². The van der Waals surface area contributed by atoms with Crippen LogP contribution in [-0.4, -0.2) is 46.2 Å². The Balaban J connectivity index is 1.52. The smallest absolute Gasteiger partial charge is 0.272 e. The maximum absolute atomic E-state index is 13.4. The van der Waals surface area contributed by atoms with E-state index in [0.717, 1.165) is 12.8 Å². The van der Waals surface area contributed by atoms with Crippen molar-refractivity contribution in [2.45, 2.75) is 50.2 Å². The average Bonchev–Trinajstić information content (AvgIpc) is 2.91. The van der Waals surface area contributed by atoms with E-state index in [2.05, 4.69) is 27.5 Å². The van der Waals surface area contributed by atoms with E-state index in [0.29, 0.717) is 23.0 Å². The lowest BCUT2D eigenvalue weighted by molar-refractivity contribution is 0.0462. The number of aromatic nitrogens is 2. The van der Waals surface area contributed by atoms with Crippen LogP contribution in [0.15, 0.2) is 18.2 Å². The van der Waals surface area contributed by atoms with Crippen molar-refractivity contribution in [3.8, 4) is 0 Å². The van der Waals surface area contributed by atoms with E-state index in [1.165, 1.54) is 31.4 Å². The maximum atomic E-state index is 13.4. The van der Waals surface area contributed by atoms with Crippen molar-refractivity contribution < 1.29 is 9.18 Å². The molecule has 4 rings (SSSR count). The molecule has 2 aliphatic rings. The van der Waals surface area contributed by atoms with E-state index >= 15 is 0 Å². The van der Waals surface area contributed by atoms with Gasteiger partial charge in [-0.2, -0.15) is 5.10 Å². The molecule has 1 aromatic carbocycles. The Morgan fingerprint density at radius 2 is 2.09 bits per heavy atom. The van der Waals surface area contributed by atoms with E-state index in [1.54, 1.807) is 6.07 Å². The van der Waals surface area contributed by atoms with Gasteiger partial charge in [-0.3, -0.25) is 9.89 Å². The van der Waals surface area contributed by atoms with Crippen molar-refractivity contribution in [3.05, 3.63) is 29.7 Å². The fourth-order valence-electron chi connectivity index (χ4n) is 4.15. The molecule has 1 amide bonds. The van der Waals surface area contributed by atoms with Gasteiger partial charge in [0.25, 0.3) is 5.91 Å². The van der Waals surface area contributed by atoms with Crippen LogP contribution in [0.2, 0.25) is 0 Å². The molecule has 5 nitrogen and oxygen atoms in total. The van der Waals surface area contributed by atoms with E-state index in [1.807, 2.05) is 0 Å². The molecule has 6 heteroatoms. The summed E-state index contributed by atoms with van der Waals surface area (Å²) < 4.78 is 13.4. The van der Waals surface area contributed by atoms with Gasteiger partial charge < -0.3 is 10.2 Å². The summed E-state index contributed by atoms with van der Waals surface area (Å²) in [5.74, 6) is -0.573. The third kappa shape index (κ3) is 2.61. The number of benzene rings is 1. The Morgan fingerprint density at radius 3 is 2.83 bits per heavy atom. The molecule has 0 radical (unpaired) electrons. The monoisotopic (exact) mass is 316 g/mol. The first kappa shape index (κ1) is 14.6. The highest BCUT2D eigenvalue weighted by atomic mass is 19.1. The number of carbonyl (C=O) groups excluding carboxylic acids is 1. The van der Waals surface area contributed by atoms with Crippen molar-refractivity contribution in [1.29, 1.82) is 0 Å². The van der Waals surface area contributed by atoms with Gasteiger partial charge in [-0.1, -0.05) is 6.42 Å². The van der Waals surface area contributed by atoms with Gasteiger partial charge in [0.1, 0.15) is 5.82 Å². The first-order valence-electron chi connectivity index (χ1n) is 8.28. The predicted octanol–water partition coefficient (Wildman–Crippen LogP) is 2.45. The number of rotatable bonds is 2. The molecule has 2 fully saturated rings. The molecule has 2 saturated heterocycles. The van der Waals surface area contributed by atoms with Gasteiger partial charge in [0.05, 0.1) is 5.52 Å². The molecule has 0 spiro atoms. The fourth-order valence-corrected chi connectivity index (χ4v) is 4.15. The minimum absolute atomic E-state index is 0.175. The highest BCUT2D eigenvalue weighted by Crippen LogP contribution is 2.32. The Hall–Kier alpha value is -1.95. The quantitative estimate of drug-likeness (QED) is 0.894. The normalized spacial score (nSPS) is 28.0. The average molecular weight is 316 g/mol. The molecule has 0 aliphatic carbocycles. The van der Waals surface area contributed by atoms with Gasteiger partial charge in [0.2, 0.25) is 0 Å². The highest BCUT2D eigenvalue weighted by Gasteiger charge is 2.36. The Labute approximate surface area is 134 Å². The molecule has 3 atom stereocenters. The molecule has 3 heterocycles. The number of H-pyrrole nitrogens is 1. The molecule has 2 aliphatic heterocycles. The number of aromatic amines is 1. The Morgan fingerprint density at radius 1 is 1.35 bits per heavy atom. The van der Waals surface area contributed by atoms with Gasteiger partial charge in [0, 0.05) is 23.5 Å². The second kappa shape index (κ2) is 5.60. The van der Waals surface area contributed by atoms with E-state index < -0.39 is 0 Å². The Kier molecular flexibility index (Phi) is 3.56. The van der Waals surface area contributed by atoms with Crippen molar-refractivity contribution in [2.24, 2.45) is 0 Å². The number of piperidine rings is 2. The van der Waals surface area contributed by atoms with Crippen LogP contribution in [0.4, 0.5) is 4.39 Å². The topological polar surface area (TPSA) is 61.0 Å². The molecule has 1 aromatic heterocycles. The van der Waals surface area contributed by atoms with Crippen LogP contribution in [0.1, 0.15) is 42.6 Å². The van der Waals surface area contributed by atoms with Crippen molar-refractivity contribution in [1.82, 2.24) is 20.4 Å². The van der Waals surface area contributed by atoms with Gasteiger partial charge in [-0.25, -0.2) is 4.39 Å². The summed E-state index contributed by atoms with van der Waals surface area (Å²) in [7, 11) is 2.19. The largest absolute Gasteiger partial charge is 0.348 e. The zero-order valence-electron chi connectivity index (χ0n) is 13.2. The number of hydrogen-bond donors (Lipinski definition) is 2. The predicted molar refractivity (Wildman–Crippen MR) is 85.7 cm³/mol. The van der Waals surface area contributed by atoms with Gasteiger partial charge in [-0.15, -0.1) is 0 Å². The summed E-state index contributed by atoms with van der Waals surface area (Å²) in [6.45, 7) is 0. The molecule has 23 heavy (non-hydrogen) atoms. The second-order valence-electron chi connectivity index (χ2n) is 6.81. The molecule has 2 aromatic rings. The molecule has 0 saturated carbocycles. The summed E-state index contributed by atoms with van der Waals surface area (Å²) in [4.78, 5) is 15.0. The lowest BCUT2D eigenvalue weighted by atomic mass is 9.82. The highest BCUT2D eigenvalue weighted by molar-refractivity contribution is 6.04. The fraction of sp³-hybridized carbons (Fsp3) is 0.529. The number of nitrogens with one attached hydrogen (secondary N) is 2. The van der Waals surface area contributed by atoms with Crippen LogP contribution in [0, 0.1) is 5.82 Å². The number of nitrogens with zero attached hydrogens (tertiary/aromatic N) is 2. The van der Waals surface area contributed by atoms with Crippen molar-refractivity contribution in [2.75, 3.05) is 7.05 Å². The second-order valence-corrected chi connectivity index (χ2v) is 6.81. The van der Waals surface area contributed by atoms with E-state index in [9.17, 15) is 9.18 Å². The lowest BCUT2D eigenvalue weighted by Crippen LogP contribution is -2.55. The third-order valence-electron chi connectivity index (χ3n) is 5.42. The van der Waals surface area contributed by atoms with E-state index in [4.69, 9.17) is 0 Å². The first-order chi connectivity index (χ1) is 11.1. The SMILES string of the molecule is CN1[C@@H]2CCC[C@H]1C[C@@H](NC(=O)c1n[nH]c3ccc(F)cc13)C2. The molecule has 122 valence electrons. The summed E-state index contributed by atoms with van der Waals surface area (Å²) >= 11 is 0. The van der Waals surface area contributed by atoms with E-state index in [-0.39, 0.29) is 23.5 Å². The molecule has 0 unspecified atom stereocenters. The third-order valence-corrected chi connectivity index (χ3v) is 5.42. The first-order valence-corrected chi connectivity index (χ1v) is 8.28. The van der Waals surface area contributed by atoms with Gasteiger partial charge in [-0.05, 0) is 50.9 Å². The minimum atomic E-state index is -0.359. The van der Waals surface area contributed by atoms with Crippen LogP contribution in [-0.2, 0) is 0 Å². The number of hydrogen-bond acceptors (Lipinski definition) is 3. The molecular formula is C17H21FN4O. The van der Waals surface area contributed by atoms with Gasteiger partial charge >= 0.3 is 0 Å². The van der Waals surface area contributed by atoms with Crippen LogP contribution < -0.4 is 5.32 Å². The summed E-state index contributed by atoms with van der Waals surface area (Å²) in [5, 5.41) is 10.5. The van der Waals surface area contributed by atoms with Crippen LogP contribution >= 0.6 is 0 Å². The molecular weight excluding hydrogens is 295 g/mol. The maximum Gasteiger partial charge on any atom is 0.272 e. The number of amides is 1. The Bertz CT molecular complexity index is 729. The molecule has 2 N–H and O–H groups in total. The van der Waals surface area contributed by atoms with Crippen molar-refractivity contribution in [3.63, 3.8) is 0 Å². The van der Waals surface area contributed by atoms with Crippen LogP contribution in [0.5, 0.6) is 0 Å². The standard InChI is InChI=1S/C17H21FN4O/c1-22-12-3-2-4-13(22)9-11(8-12)19-17(23)16-14-7-10(18)5-6-15(14)20-21-16/h5-7,11-13H,2-4,8-9H2,1H3,(H,19,23)(H,20,21)/t11-,12+,13-. The number of halogens is 1. The minimum Gasteiger partial charge on any atom is -0.348 e. The summed E-state index contributed by atoms with van der Waals surface area (Å²) in [6.07, 6.45) is 5.65. The molecule has 2 bridgehead atoms. The number of carbonyl (C=O) groups is 1. The zero-order chi connectivity index (χ0) is 16.0. The van der Waals surface area contributed by atoms with Crippen LogP contribution in [0.25, 0.3) is 10.9 Å². The lowest BCUT2D eigenvalue weighted by Gasteiger charge is -2.47. The zero-order valence-corrected chi connectivity index (χ0v) is 13.2. The van der Waals surface area contributed by atoms with Crippen LogP contribution in [0.3, 0.4) is 0 Å². The summed E-state index contributed by atoms with van der Waals surface area (Å²) in [6, 6.07) is 5.61. The van der Waals surface area contributed by atoms with Gasteiger partial charge in [0.15, 0.2) is 5.69 Å². The number of fused-ring (bicyclic) bond motifs is 3.